The number of thiophene rings is 1. The molecule has 1 heterocycles. The molecule has 104 valence electrons. The van der Waals surface area contributed by atoms with Gasteiger partial charge in [-0.05, 0) is 13.8 Å². The Morgan fingerprint density at radius 2 is 2.05 bits per heavy atom. The number of rotatable bonds is 6. The lowest BCUT2D eigenvalue weighted by molar-refractivity contribution is 0.0960. The summed E-state index contributed by atoms with van der Waals surface area (Å²) in [6.07, 6.45) is 0. The van der Waals surface area contributed by atoms with E-state index in [0.29, 0.717) is 23.0 Å². The van der Waals surface area contributed by atoms with Crippen molar-refractivity contribution in [2.24, 2.45) is 5.73 Å². The van der Waals surface area contributed by atoms with E-state index >= 15 is 0 Å². The van der Waals surface area contributed by atoms with Gasteiger partial charge in [-0.15, -0.1) is 11.3 Å². The summed E-state index contributed by atoms with van der Waals surface area (Å²) in [7, 11) is 0. The summed E-state index contributed by atoms with van der Waals surface area (Å²) in [6, 6.07) is 0. The van der Waals surface area contributed by atoms with E-state index in [9.17, 15) is 9.59 Å². The van der Waals surface area contributed by atoms with Crippen molar-refractivity contribution < 1.29 is 9.59 Å². The van der Waals surface area contributed by atoms with Gasteiger partial charge in [-0.1, -0.05) is 12.2 Å². The zero-order valence-electron chi connectivity index (χ0n) is 11.0. The smallest absolute Gasteiger partial charge is 0.263 e. The fourth-order valence-electron chi connectivity index (χ4n) is 1.45. The Morgan fingerprint density at radius 1 is 1.42 bits per heavy atom. The molecule has 1 rings (SSSR count). The van der Waals surface area contributed by atoms with Crippen LogP contribution >= 0.6 is 11.3 Å². The van der Waals surface area contributed by atoms with Gasteiger partial charge in [0.25, 0.3) is 11.8 Å². The van der Waals surface area contributed by atoms with Gasteiger partial charge in [0, 0.05) is 13.1 Å². The first kappa shape index (κ1) is 15.0. The van der Waals surface area contributed by atoms with Gasteiger partial charge in [0.1, 0.15) is 9.88 Å². The SMILES string of the molecule is C=C(C)CNc1sc(C(=O)NCC)c(N)c1C(N)=O. The van der Waals surface area contributed by atoms with Crippen molar-refractivity contribution in [2.45, 2.75) is 13.8 Å². The minimum absolute atomic E-state index is 0.118. The average Bonchev–Trinajstić information content (AvgIpc) is 2.64. The highest BCUT2D eigenvalue weighted by Crippen LogP contribution is 2.35. The molecule has 0 saturated heterocycles. The van der Waals surface area contributed by atoms with Crippen molar-refractivity contribution in [3.05, 3.63) is 22.6 Å². The summed E-state index contributed by atoms with van der Waals surface area (Å²) in [5.41, 5.74) is 12.3. The van der Waals surface area contributed by atoms with Crippen LogP contribution in [0.1, 0.15) is 33.9 Å². The van der Waals surface area contributed by atoms with Gasteiger partial charge in [0.05, 0.1) is 11.3 Å². The zero-order chi connectivity index (χ0) is 14.6. The van der Waals surface area contributed by atoms with Crippen LogP contribution in [-0.2, 0) is 0 Å². The van der Waals surface area contributed by atoms with Crippen molar-refractivity contribution in [2.75, 3.05) is 24.1 Å². The fraction of sp³-hybridized carbons (Fsp3) is 0.333. The first-order valence-electron chi connectivity index (χ1n) is 5.77. The predicted octanol–water partition coefficient (Wildman–Crippen LogP) is 1.17. The van der Waals surface area contributed by atoms with Gasteiger partial charge >= 0.3 is 0 Å². The van der Waals surface area contributed by atoms with Crippen molar-refractivity contribution >= 4 is 33.8 Å². The molecule has 0 unspecified atom stereocenters. The summed E-state index contributed by atoms with van der Waals surface area (Å²) in [6.45, 7) is 8.37. The molecule has 1 aromatic heterocycles. The Morgan fingerprint density at radius 3 is 2.53 bits per heavy atom. The summed E-state index contributed by atoms with van der Waals surface area (Å²) in [4.78, 5) is 23.5. The highest BCUT2D eigenvalue weighted by atomic mass is 32.1. The number of amides is 2. The molecule has 19 heavy (non-hydrogen) atoms. The predicted molar refractivity (Wildman–Crippen MR) is 78.6 cm³/mol. The molecule has 0 radical (unpaired) electrons. The van der Waals surface area contributed by atoms with Gasteiger partial charge in [-0.25, -0.2) is 0 Å². The molecule has 1 aromatic rings. The molecule has 0 atom stereocenters. The number of nitrogens with one attached hydrogen (secondary N) is 2. The molecule has 0 spiro atoms. The number of nitrogen functional groups attached to an aromatic ring is 1. The Balaban J connectivity index is 3.15. The molecule has 6 nitrogen and oxygen atoms in total. The van der Waals surface area contributed by atoms with Crippen LogP contribution in [0.15, 0.2) is 12.2 Å². The number of carbonyl (C=O) groups excluding carboxylic acids is 2. The molecule has 0 aliphatic carbocycles. The second kappa shape index (κ2) is 6.24. The van der Waals surface area contributed by atoms with Crippen molar-refractivity contribution in [1.29, 1.82) is 0 Å². The van der Waals surface area contributed by atoms with Gasteiger partial charge in [0.15, 0.2) is 0 Å². The van der Waals surface area contributed by atoms with Gasteiger partial charge in [-0.3, -0.25) is 9.59 Å². The number of nitrogens with two attached hydrogens (primary N) is 2. The molecule has 0 aromatic carbocycles. The van der Waals surface area contributed by atoms with Crippen molar-refractivity contribution in [3.63, 3.8) is 0 Å². The molecular formula is C12H18N4O2S. The summed E-state index contributed by atoms with van der Waals surface area (Å²) < 4.78 is 0. The minimum atomic E-state index is -0.659. The van der Waals surface area contributed by atoms with E-state index in [-0.39, 0.29) is 17.2 Å². The Kier molecular flexibility index (Phi) is 4.94. The normalized spacial score (nSPS) is 10.0. The van der Waals surface area contributed by atoms with Crippen LogP contribution in [0.25, 0.3) is 0 Å². The van der Waals surface area contributed by atoms with Gasteiger partial charge < -0.3 is 22.1 Å². The monoisotopic (exact) mass is 282 g/mol. The number of primary amides is 1. The minimum Gasteiger partial charge on any atom is -0.397 e. The largest absolute Gasteiger partial charge is 0.397 e. The topological polar surface area (TPSA) is 110 Å². The van der Waals surface area contributed by atoms with Gasteiger partial charge in [0.2, 0.25) is 0 Å². The van der Waals surface area contributed by atoms with E-state index in [4.69, 9.17) is 11.5 Å². The number of hydrogen-bond donors (Lipinski definition) is 4. The molecule has 6 N–H and O–H groups in total. The van der Waals surface area contributed by atoms with Crippen LogP contribution < -0.4 is 22.1 Å². The van der Waals surface area contributed by atoms with E-state index in [1.54, 1.807) is 6.92 Å². The van der Waals surface area contributed by atoms with Gasteiger partial charge in [-0.2, -0.15) is 0 Å². The second-order valence-electron chi connectivity index (χ2n) is 4.08. The van der Waals surface area contributed by atoms with Crippen LogP contribution in [-0.4, -0.2) is 24.9 Å². The molecule has 0 saturated carbocycles. The molecular weight excluding hydrogens is 264 g/mol. The van der Waals surface area contributed by atoms with Crippen molar-refractivity contribution in [3.8, 4) is 0 Å². The molecule has 2 amide bonds. The molecule has 7 heteroatoms. The maximum Gasteiger partial charge on any atom is 0.263 e. The summed E-state index contributed by atoms with van der Waals surface area (Å²) in [5, 5.41) is 6.15. The first-order valence-corrected chi connectivity index (χ1v) is 6.58. The third-order valence-electron chi connectivity index (χ3n) is 2.29. The quantitative estimate of drug-likeness (QED) is 0.587. The van der Waals surface area contributed by atoms with E-state index in [1.807, 2.05) is 6.92 Å². The van der Waals surface area contributed by atoms with Crippen LogP contribution in [0.5, 0.6) is 0 Å². The zero-order valence-corrected chi connectivity index (χ0v) is 11.8. The Hall–Kier alpha value is -2.02. The third kappa shape index (κ3) is 3.47. The van der Waals surface area contributed by atoms with E-state index in [1.165, 1.54) is 0 Å². The Bertz CT molecular complexity index is 522. The van der Waals surface area contributed by atoms with Crippen LogP contribution in [0, 0.1) is 0 Å². The lowest BCUT2D eigenvalue weighted by atomic mass is 10.2. The first-order chi connectivity index (χ1) is 8.88. The molecule has 0 bridgehead atoms. The third-order valence-corrected chi connectivity index (χ3v) is 3.45. The Labute approximate surface area is 115 Å². The number of hydrogen-bond acceptors (Lipinski definition) is 5. The van der Waals surface area contributed by atoms with Crippen molar-refractivity contribution in [1.82, 2.24) is 5.32 Å². The fourth-order valence-corrected chi connectivity index (χ4v) is 2.49. The average molecular weight is 282 g/mol. The molecule has 0 fully saturated rings. The standard InChI is InChI=1S/C12H18N4O2S/c1-4-15-11(18)9-8(13)7(10(14)17)12(19-9)16-5-6(2)3/h16H,2,4-5,13H2,1,3H3,(H2,14,17)(H,15,18). The molecule has 0 aliphatic rings. The lowest BCUT2D eigenvalue weighted by Gasteiger charge is -2.04. The van der Waals surface area contributed by atoms with E-state index < -0.39 is 5.91 Å². The lowest BCUT2D eigenvalue weighted by Crippen LogP contribution is -2.23. The van der Waals surface area contributed by atoms with Crippen LogP contribution in [0.4, 0.5) is 10.7 Å². The summed E-state index contributed by atoms with van der Waals surface area (Å²) in [5.74, 6) is -0.968. The maximum atomic E-state index is 11.8. The van der Waals surface area contributed by atoms with Crippen LogP contribution in [0.3, 0.4) is 0 Å². The maximum absolute atomic E-state index is 11.8. The summed E-state index contributed by atoms with van der Waals surface area (Å²) >= 11 is 1.11. The van der Waals surface area contributed by atoms with Crippen LogP contribution in [0.2, 0.25) is 0 Å². The second-order valence-corrected chi connectivity index (χ2v) is 5.10. The molecule has 0 aliphatic heterocycles. The van der Waals surface area contributed by atoms with E-state index in [0.717, 1.165) is 16.9 Å². The highest BCUT2D eigenvalue weighted by molar-refractivity contribution is 7.19. The number of anilines is 2. The van der Waals surface area contributed by atoms with E-state index in [2.05, 4.69) is 17.2 Å². The highest BCUT2D eigenvalue weighted by Gasteiger charge is 2.23. The number of carbonyl (C=O) groups is 2.